The SMILES string of the molecule is CCN1CCC[C@H](OC(=O)[C@@H](c2ccccc2)C2CCCCC2)C1. The van der Waals surface area contributed by atoms with E-state index in [1.54, 1.807) is 0 Å². The number of esters is 1. The smallest absolute Gasteiger partial charge is 0.314 e. The summed E-state index contributed by atoms with van der Waals surface area (Å²) in [5.74, 6) is 0.374. The van der Waals surface area contributed by atoms with Crippen molar-refractivity contribution in [1.29, 1.82) is 0 Å². The van der Waals surface area contributed by atoms with E-state index in [9.17, 15) is 4.79 Å². The summed E-state index contributed by atoms with van der Waals surface area (Å²) >= 11 is 0. The van der Waals surface area contributed by atoms with Gasteiger partial charge in [-0.2, -0.15) is 0 Å². The van der Waals surface area contributed by atoms with Crippen LogP contribution in [0.3, 0.4) is 0 Å². The summed E-state index contributed by atoms with van der Waals surface area (Å²) in [5.41, 5.74) is 1.14. The van der Waals surface area contributed by atoms with Crippen LogP contribution in [0.25, 0.3) is 0 Å². The maximum absolute atomic E-state index is 13.1. The Bertz CT molecular complexity index is 510. The zero-order chi connectivity index (χ0) is 16.8. The van der Waals surface area contributed by atoms with Crippen molar-refractivity contribution in [2.75, 3.05) is 19.6 Å². The third-order valence-electron chi connectivity index (χ3n) is 5.73. The Morgan fingerprint density at radius 1 is 1.12 bits per heavy atom. The highest BCUT2D eigenvalue weighted by Crippen LogP contribution is 2.37. The second-order valence-corrected chi connectivity index (χ2v) is 7.38. The lowest BCUT2D eigenvalue weighted by Gasteiger charge is -2.34. The van der Waals surface area contributed by atoms with Gasteiger partial charge >= 0.3 is 5.97 Å². The molecule has 2 atom stereocenters. The van der Waals surface area contributed by atoms with Gasteiger partial charge in [0.15, 0.2) is 0 Å². The number of benzene rings is 1. The zero-order valence-electron chi connectivity index (χ0n) is 15.0. The van der Waals surface area contributed by atoms with Crippen LogP contribution < -0.4 is 0 Å². The second kappa shape index (κ2) is 8.66. The van der Waals surface area contributed by atoms with Gasteiger partial charge in [0.1, 0.15) is 6.10 Å². The molecule has 3 rings (SSSR count). The molecule has 0 unspecified atom stereocenters. The summed E-state index contributed by atoms with van der Waals surface area (Å²) in [6, 6.07) is 10.3. The molecule has 0 aromatic heterocycles. The van der Waals surface area contributed by atoms with Crippen LogP contribution in [0, 0.1) is 5.92 Å². The standard InChI is InChI=1S/C21H31NO2/c1-2-22-15-9-14-19(16-22)24-21(23)20(17-10-5-3-6-11-17)18-12-7-4-8-13-18/h3,5-6,10-11,18-20H,2,4,7-9,12-16H2,1H3/t19-,20-/m0/s1. The van der Waals surface area contributed by atoms with Crippen molar-refractivity contribution in [2.45, 2.75) is 63.9 Å². The predicted molar refractivity (Wildman–Crippen MR) is 97.0 cm³/mol. The lowest BCUT2D eigenvalue weighted by atomic mass is 9.77. The van der Waals surface area contributed by atoms with Gasteiger partial charge in [0.25, 0.3) is 0 Å². The summed E-state index contributed by atoms with van der Waals surface area (Å²) in [6.07, 6.45) is 8.31. The van der Waals surface area contributed by atoms with E-state index in [2.05, 4.69) is 24.0 Å². The van der Waals surface area contributed by atoms with Crippen LogP contribution in [-0.4, -0.2) is 36.6 Å². The number of carbonyl (C=O) groups is 1. The number of carbonyl (C=O) groups excluding carboxylic acids is 1. The first-order chi connectivity index (χ1) is 11.8. The molecular weight excluding hydrogens is 298 g/mol. The molecule has 1 aromatic rings. The van der Waals surface area contributed by atoms with Crippen LogP contribution in [0.4, 0.5) is 0 Å². The Morgan fingerprint density at radius 3 is 2.58 bits per heavy atom. The third-order valence-corrected chi connectivity index (χ3v) is 5.73. The van der Waals surface area contributed by atoms with Crippen molar-refractivity contribution in [1.82, 2.24) is 4.90 Å². The monoisotopic (exact) mass is 329 g/mol. The van der Waals surface area contributed by atoms with Gasteiger partial charge in [-0.05, 0) is 50.3 Å². The number of hydrogen-bond acceptors (Lipinski definition) is 3. The highest BCUT2D eigenvalue weighted by Gasteiger charge is 2.34. The quantitative estimate of drug-likeness (QED) is 0.751. The van der Waals surface area contributed by atoms with Crippen molar-refractivity contribution < 1.29 is 9.53 Å². The molecule has 0 amide bonds. The maximum Gasteiger partial charge on any atom is 0.314 e. The Morgan fingerprint density at radius 2 is 1.88 bits per heavy atom. The van der Waals surface area contributed by atoms with Crippen LogP contribution in [-0.2, 0) is 9.53 Å². The van der Waals surface area contributed by atoms with Gasteiger partial charge in [0.2, 0.25) is 0 Å². The minimum Gasteiger partial charge on any atom is -0.461 e. The number of nitrogens with zero attached hydrogens (tertiary/aromatic N) is 1. The van der Waals surface area contributed by atoms with Crippen molar-refractivity contribution in [3.63, 3.8) is 0 Å². The highest BCUT2D eigenvalue weighted by atomic mass is 16.5. The van der Waals surface area contributed by atoms with Crippen LogP contribution in [0.2, 0.25) is 0 Å². The Hall–Kier alpha value is -1.35. The van der Waals surface area contributed by atoms with Crippen molar-refractivity contribution in [2.24, 2.45) is 5.92 Å². The van der Waals surface area contributed by atoms with Gasteiger partial charge in [-0.1, -0.05) is 56.5 Å². The van der Waals surface area contributed by atoms with Gasteiger partial charge in [0, 0.05) is 6.54 Å². The van der Waals surface area contributed by atoms with Crippen molar-refractivity contribution in [3.8, 4) is 0 Å². The summed E-state index contributed by atoms with van der Waals surface area (Å²) < 4.78 is 6.01. The average Bonchev–Trinajstić information content (AvgIpc) is 2.64. The molecule has 132 valence electrons. The van der Waals surface area contributed by atoms with E-state index >= 15 is 0 Å². The van der Waals surface area contributed by atoms with E-state index in [-0.39, 0.29) is 18.0 Å². The van der Waals surface area contributed by atoms with Gasteiger partial charge in [-0.25, -0.2) is 0 Å². The van der Waals surface area contributed by atoms with E-state index < -0.39 is 0 Å². The van der Waals surface area contributed by atoms with Gasteiger partial charge in [-0.15, -0.1) is 0 Å². The molecule has 0 radical (unpaired) electrons. The first-order valence-electron chi connectivity index (χ1n) is 9.75. The number of ether oxygens (including phenoxy) is 1. The molecule has 1 saturated carbocycles. The highest BCUT2D eigenvalue weighted by molar-refractivity contribution is 5.78. The molecule has 0 N–H and O–H groups in total. The Labute approximate surface area is 146 Å². The summed E-state index contributed by atoms with van der Waals surface area (Å²) in [6.45, 7) is 5.25. The van der Waals surface area contributed by atoms with E-state index in [4.69, 9.17) is 4.74 Å². The molecule has 1 aliphatic carbocycles. The molecule has 1 heterocycles. The molecular formula is C21H31NO2. The number of likely N-dealkylation sites (N-methyl/N-ethyl adjacent to an activating group) is 1. The fourth-order valence-corrected chi connectivity index (χ4v) is 4.36. The van der Waals surface area contributed by atoms with Crippen LogP contribution in [0.15, 0.2) is 30.3 Å². The second-order valence-electron chi connectivity index (χ2n) is 7.38. The van der Waals surface area contributed by atoms with Crippen LogP contribution in [0.5, 0.6) is 0 Å². The first kappa shape index (κ1) is 17.5. The lowest BCUT2D eigenvalue weighted by Crippen LogP contribution is -2.41. The maximum atomic E-state index is 13.1. The molecule has 1 aromatic carbocycles. The minimum atomic E-state index is -0.0801. The van der Waals surface area contributed by atoms with Gasteiger partial charge in [-0.3, -0.25) is 9.69 Å². The number of hydrogen-bond donors (Lipinski definition) is 0. The van der Waals surface area contributed by atoms with E-state index in [1.807, 2.05) is 18.2 Å². The first-order valence-corrected chi connectivity index (χ1v) is 9.75. The molecule has 2 fully saturated rings. The number of rotatable bonds is 5. The number of piperidine rings is 1. The third kappa shape index (κ3) is 4.38. The topological polar surface area (TPSA) is 29.5 Å². The normalized spacial score (nSPS) is 24.5. The summed E-state index contributed by atoms with van der Waals surface area (Å²) in [7, 11) is 0. The molecule has 0 bridgehead atoms. The fourth-order valence-electron chi connectivity index (χ4n) is 4.36. The van der Waals surface area contributed by atoms with E-state index in [1.165, 1.54) is 19.3 Å². The van der Waals surface area contributed by atoms with E-state index in [0.29, 0.717) is 5.92 Å². The largest absolute Gasteiger partial charge is 0.461 e. The van der Waals surface area contributed by atoms with Crippen LogP contribution in [0.1, 0.15) is 63.4 Å². The number of likely N-dealkylation sites (tertiary alicyclic amines) is 1. The molecule has 1 saturated heterocycles. The molecule has 24 heavy (non-hydrogen) atoms. The molecule has 3 nitrogen and oxygen atoms in total. The molecule has 2 aliphatic rings. The van der Waals surface area contributed by atoms with Crippen LogP contribution >= 0.6 is 0 Å². The van der Waals surface area contributed by atoms with E-state index in [0.717, 1.165) is 50.9 Å². The minimum absolute atomic E-state index is 0.0102. The summed E-state index contributed by atoms with van der Waals surface area (Å²) in [4.78, 5) is 15.5. The van der Waals surface area contributed by atoms with Crippen molar-refractivity contribution >= 4 is 5.97 Å². The average molecular weight is 329 g/mol. The Balaban J connectivity index is 1.71. The lowest BCUT2D eigenvalue weighted by molar-refractivity contribution is -0.155. The van der Waals surface area contributed by atoms with Gasteiger partial charge in [0.05, 0.1) is 5.92 Å². The predicted octanol–water partition coefficient (Wildman–Crippen LogP) is 4.38. The van der Waals surface area contributed by atoms with Crippen molar-refractivity contribution in [3.05, 3.63) is 35.9 Å². The Kier molecular flexibility index (Phi) is 6.30. The summed E-state index contributed by atoms with van der Waals surface area (Å²) in [5, 5.41) is 0. The molecule has 1 aliphatic heterocycles. The fraction of sp³-hybridized carbons (Fsp3) is 0.667. The van der Waals surface area contributed by atoms with Gasteiger partial charge < -0.3 is 4.74 Å². The molecule has 0 spiro atoms. The molecule has 3 heteroatoms. The zero-order valence-corrected chi connectivity index (χ0v) is 15.0.